The summed E-state index contributed by atoms with van der Waals surface area (Å²) in [5.74, 6) is 0.209. The van der Waals surface area contributed by atoms with Gasteiger partial charge in [-0.05, 0) is 26.3 Å². The molecule has 0 spiro atoms. The van der Waals surface area contributed by atoms with Crippen molar-refractivity contribution in [1.29, 1.82) is 0 Å². The Hall–Kier alpha value is -0.120. The summed E-state index contributed by atoms with van der Waals surface area (Å²) in [5, 5.41) is 21.7. The van der Waals surface area contributed by atoms with E-state index >= 15 is 0 Å². The third-order valence-electron chi connectivity index (χ3n) is 2.50. The minimum absolute atomic E-state index is 0.140. The molecule has 0 radical (unpaired) electrons. The molecule has 0 aromatic rings. The van der Waals surface area contributed by atoms with E-state index in [0.29, 0.717) is 0 Å². The lowest BCUT2D eigenvalue weighted by Gasteiger charge is -2.34. The Kier molecular flexibility index (Phi) is 2.87. The molecule has 1 fully saturated rings. The largest absolute Gasteiger partial charge is 0.393 e. The Morgan fingerprint density at radius 2 is 2.36 bits per heavy atom. The fourth-order valence-electron chi connectivity index (χ4n) is 1.51. The van der Waals surface area contributed by atoms with Gasteiger partial charge in [0.25, 0.3) is 0 Å². The Morgan fingerprint density at radius 3 is 2.82 bits per heavy atom. The maximum atomic E-state index is 9.66. The molecule has 1 aliphatic heterocycles. The summed E-state index contributed by atoms with van der Waals surface area (Å²) in [4.78, 5) is 0. The molecule has 3 N–H and O–H groups in total. The number of aliphatic hydroxyl groups is 2. The maximum Gasteiger partial charge on any atom is 0.0889 e. The SMILES string of the molecule is CC(O)(CO)C1CCCNC1. The summed E-state index contributed by atoms with van der Waals surface area (Å²) in [6.07, 6.45) is 2.11. The Morgan fingerprint density at radius 1 is 1.64 bits per heavy atom. The van der Waals surface area contributed by atoms with Crippen molar-refractivity contribution < 1.29 is 10.2 Å². The maximum absolute atomic E-state index is 9.66. The standard InChI is InChI=1S/C8H17NO2/c1-8(11,6-10)7-3-2-4-9-5-7/h7,9-11H,2-6H2,1H3. The average Bonchev–Trinajstić information content (AvgIpc) is 2.06. The monoisotopic (exact) mass is 159 g/mol. The first-order chi connectivity index (χ1) is 5.17. The van der Waals surface area contributed by atoms with Crippen LogP contribution in [0, 0.1) is 5.92 Å². The molecule has 2 unspecified atom stereocenters. The van der Waals surface area contributed by atoms with Crippen molar-refractivity contribution in [1.82, 2.24) is 5.32 Å². The van der Waals surface area contributed by atoms with Crippen molar-refractivity contribution >= 4 is 0 Å². The zero-order chi connectivity index (χ0) is 8.32. The van der Waals surface area contributed by atoms with Crippen LogP contribution in [0.5, 0.6) is 0 Å². The molecule has 1 rings (SSSR count). The van der Waals surface area contributed by atoms with Crippen molar-refractivity contribution in [3.05, 3.63) is 0 Å². The second-order valence-electron chi connectivity index (χ2n) is 3.56. The van der Waals surface area contributed by atoms with Gasteiger partial charge in [0.1, 0.15) is 0 Å². The lowest BCUT2D eigenvalue weighted by Crippen LogP contribution is -2.46. The first-order valence-corrected chi connectivity index (χ1v) is 4.21. The average molecular weight is 159 g/mol. The molecule has 0 bridgehead atoms. The highest BCUT2D eigenvalue weighted by atomic mass is 16.3. The number of piperidine rings is 1. The van der Waals surface area contributed by atoms with E-state index in [4.69, 9.17) is 5.11 Å². The minimum Gasteiger partial charge on any atom is -0.393 e. The lowest BCUT2D eigenvalue weighted by atomic mass is 9.84. The molecule has 2 atom stereocenters. The second-order valence-corrected chi connectivity index (χ2v) is 3.56. The highest BCUT2D eigenvalue weighted by Gasteiger charge is 2.31. The van der Waals surface area contributed by atoms with E-state index in [0.717, 1.165) is 25.9 Å². The number of aliphatic hydroxyl groups excluding tert-OH is 1. The van der Waals surface area contributed by atoms with Gasteiger partial charge < -0.3 is 15.5 Å². The highest BCUT2D eigenvalue weighted by molar-refractivity contribution is 4.85. The molecule has 1 heterocycles. The van der Waals surface area contributed by atoms with Gasteiger partial charge in [-0.1, -0.05) is 0 Å². The second kappa shape index (κ2) is 3.52. The van der Waals surface area contributed by atoms with E-state index < -0.39 is 5.60 Å². The number of rotatable bonds is 2. The molecule has 0 aliphatic carbocycles. The quantitative estimate of drug-likeness (QED) is 0.520. The first-order valence-electron chi connectivity index (χ1n) is 4.21. The van der Waals surface area contributed by atoms with Crippen molar-refractivity contribution in [3.8, 4) is 0 Å². The van der Waals surface area contributed by atoms with Gasteiger partial charge in [0.05, 0.1) is 12.2 Å². The van der Waals surface area contributed by atoms with E-state index in [9.17, 15) is 5.11 Å². The van der Waals surface area contributed by atoms with Gasteiger partial charge in [0.2, 0.25) is 0 Å². The van der Waals surface area contributed by atoms with Gasteiger partial charge in [0.15, 0.2) is 0 Å². The molecule has 1 saturated heterocycles. The lowest BCUT2D eigenvalue weighted by molar-refractivity contribution is -0.0531. The predicted octanol–water partition coefficient (Wildman–Crippen LogP) is -0.271. The van der Waals surface area contributed by atoms with Crippen LogP contribution in [-0.2, 0) is 0 Å². The Balaban J connectivity index is 2.43. The molecule has 3 heteroatoms. The summed E-state index contributed by atoms with van der Waals surface area (Å²) >= 11 is 0. The smallest absolute Gasteiger partial charge is 0.0889 e. The van der Waals surface area contributed by atoms with Gasteiger partial charge in [-0.2, -0.15) is 0 Å². The van der Waals surface area contributed by atoms with Crippen LogP contribution in [-0.4, -0.2) is 35.5 Å². The molecule has 1 aliphatic rings. The summed E-state index contributed by atoms with van der Waals surface area (Å²) in [6.45, 7) is 3.43. The summed E-state index contributed by atoms with van der Waals surface area (Å²) in [6, 6.07) is 0. The number of nitrogens with one attached hydrogen (secondary N) is 1. The Labute approximate surface area is 67.4 Å². The molecule has 3 nitrogen and oxygen atoms in total. The summed E-state index contributed by atoms with van der Waals surface area (Å²) in [5.41, 5.74) is -0.895. The first kappa shape index (κ1) is 8.97. The van der Waals surface area contributed by atoms with Crippen LogP contribution < -0.4 is 5.32 Å². The minimum atomic E-state index is -0.895. The van der Waals surface area contributed by atoms with Gasteiger partial charge >= 0.3 is 0 Å². The van der Waals surface area contributed by atoms with Crippen molar-refractivity contribution in [2.24, 2.45) is 5.92 Å². The molecular formula is C8H17NO2. The van der Waals surface area contributed by atoms with Crippen LogP contribution in [0.2, 0.25) is 0 Å². The van der Waals surface area contributed by atoms with Crippen LogP contribution in [0.25, 0.3) is 0 Å². The molecule has 66 valence electrons. The highest BCUT2D eigenvalue weighted by Crippen LogP contribution is 2.22. The van der Waals surface area contributed by atoms with E-state index in [1.807, 2.05) is 0 Å². The van der Waals surface area contributed by atoms with Crippen LogP contribution in [0.15, 0.2) is 0 Å². The third kappa shape index (κ3) is 2.15. The van der Waals surface area contributed by atoms with Gasteiger partial charge in [-0.15, -0.1) is 0 Å². The third-order valence-corrected chi connectivity index (χ3v) is 2.50. The normalized spacial score (nSPS) is 31.4. The molecule has 11 heavy (non-hydrogen) atoms. The van der Waals surface area contributed by atoms with Crippen LogP contribution in [0.4, 0.5) is 0 Å². The number of hydrogen-bond acceptors (Lipinski definition) is 3. The van der Waals surface area contributed by atoms with E-state index in [-0.39, 0.29) is 12.5 Å². The van der Waals surface area contributed by atoms with Crippen molar-refractivity contribution in [2.75, 3.05) is 19.7 Å². The van der Waals surface area contributed by atoms with Crippen LogP contribution in [0.3, 0.4) is 0 Å². The van der Waals surface area contributed by atoms with E-state index in [1.165, 1.54) is 0 Å². The van der Waals surface area contributed by atoms with E-state index in [2.05, 4.69) is 5.32 Å². The number of hydrogen-bond donors (Lipinski definition) is 3. The van der Waals surface area contributed by atoms with E-state index in [1.54, 1.807) is 6.92 Å². The van der Waals surface area contributed by atoms with Gasteiger partial charge in [0, 0.05) is 12.5 Å². The zero-order valence-electron chi connectivity index (χ0n) is 7.01. The van der Waals surface area contributed by atoms with Crippen molar-refractivity contribution in [3.63, 3.8) is 0 Å². The van der Waals surface area contributed by atoms with Gasteiger partial charge in [-0.3, -0.25) is 0 Å². The van der Waals surface area contributed by atoms with Crippen LogP contribution >= 0.6 is 0 Å². The predicted molar refractivity (Wildman–Crippen MR) is 43.3 cm³/mol. The topological polar surface area (TPSA) is 52.5 Å². The molecule has 0 aromatic heterocycles. The molecular weight excluding hydrogens is 142 g/mol. The molecule has 0 saturated carbocycles. The molecule has 0 amide bonds. The van der Waals surface area contributed by atoms with Gasteiger partial charge in [-0.25, -0.2) is 0 Å². The summed E-state index contributed by atoms with van der Waals surface area (Å²) < 4.78 is 0. The molecule has 0 aromatic carbocycles. The Bertz CT molecular complexity index is 119. The zero-order valence-corrected chi connectivity index (χ0v) is 7.01. The summed E-state index contributed by atoms with van der Waals surface area (Å²) in [7, 11) is 0. The van der Waals surface area contributed by atoms with Crippen molar-refractivity contribution in [2.45, 2.75) is 25.4 Å². The van der Waals surface area contributed by atoms with Crippen LogP contribution in [0.1, 0.15) is 19.8 Å². The fourth-order valence-corrected chi connectivity index (χ4v) is 1.51. The fraction of sp³-hybridized carbons (Fsp3) is 1.00.